The molecule has 3 aliphatic rings. The van der Waals surface area contributed by atoms with Crippen LogP contribution in [0, 0.1) is 5.92 Å². The topological polar surface area (TPSA) is 38.8 Å². The summed E-state index contributed by atoms with van der Waals surface area (Å²) in [7, 11) is 0. The Morgan fingerprint density at radius 2 is 1.78 bits per heavy atom. The molecule has 0 N–H and O–H groups in total. The number of carbonyl (C=O) groups is 1. The van der Waals surface area contributed by atoms with Crippen LogP contribution in [0.25, 0.3) is 0 Å². The van der Waals surface area contributed by atoms with Crippen LogP contribution >= 0.6 is 0 Å². The number of ether oxygens (including phenoxy) is 2. The highest BCUT2D eigenvalue weighted by Crippen LogP contribution is 2.32. The van der Waals surface area contributed by atoms with E-state index in [1.807, 2.05) is 4.90 Å². The van der Waals surface area contributed by atoms with E-state index in [-0.39, 0.29) is 5.92 Å². The van der Waals surface area contributed by atoms with Crippen molar-refractivity contribution in [3.8, 4) is 0 Å². The van der Waals surface area contributed by atoms with Gasteiger partial charge in [0.15, 0.2) is 5.79 Å². The number of piperidine rings is 1. The minimum atomic E-state index is -0.470. The van der Waals surface area contributed by atoms with Gasteiger partial charge in [-0.05, 0) is 19.3 Å². The van der Waals surface area contributed by atoms with Crippen LogP contribution in [0.15, 0.2) is 0 Å². The molecule has 4 heteroatoms. The molecule has 1 amide bonds. The highest BCUT2D eigenvalue weighted by molar-refractivity contribution is 5.79. The molecule has 0 aromatic rings. The maximum atomic E-state index is 12.5. The van der Waals surface area contributed by atoms with Crippen LogP contribution in [-0.2, 0) is 14.3 Å². The van der Waals surface area contributed by atoms with Crippen LogP contribution in [0.1, 0.15) is 44.9 Å². The second-order valence-electron chi connectivity index (χ2n) is 5.81. The molecule has 3 fully saturated rings. The van der Waals surface area contributed by atoms with Gasteiger partial charge < -0.3 is 14.4 Å². The van der Waals surface area contributed by atoms with Gasteiger partial charge >= 0.3 is 0 Å². The third-order valence-electron chi connectivity index (χ3n) is 4.50. The van der Waals surface area contributed by atoms with E-state index in [0.717, 1.165) is 32.2 Å². The van der Waals surface area contributed by atoms with Crippen LogP contribution in [0.4, 0.5) is 0 Å². The highest BCUT2D eigenvalue weighted by Gasteiger charge is 2.43. The summed E-state index contributed by atoms with van der Waals surface area (Å²) >= 11 is 0. The van der Waals surface area contributed by atoms with Crippen molar-refractivity contribution in [2.75, 3.05) is 26.3 Å². The summed E-state index contributed by atoms with van der Waals surface area (Å²) in [6, 6.07) is 0. The summed E-state index contributed by atoms with van der Waals surface area (Å²) in [5, 5.41) is 0. The van der Waals surface area contributed by atoms with Gasteiger partial charge in [0.1, 0.15) is 0 Å². The molecule has 1 saturated carbocycles. The summed E-state index contributed by atoms with van der Waals surface area (Å²) in [4.78, 5) is 14.5. The predicted molar refractivity (Wildman–Crippen MR) is 67.0 cm³/mol. The third kappa shape index (κ3) is 2.41. The molecule has 0 aromatic carbocycles. The normalized spacial score (nSPS) is 28.8. The molecule has 1 aliphatic carbocycles. The quantitative estimate of drug-likeness (QED) is 0.717. The lowest BCUT2D eigenvalue weighted by Gasteiger charge is -2.40. The van der Waals surface area contributed by atoms with Gasteiger partial charge in [-0.2, -0.15) is 0 Å². The van der Waals surface area contributed by atoms with Gasteiger partial charge in [-0.15, -0.1) is 0 Å². The highest BCUT2D eigenvalue weighted by atomic mass is 16.7. The number of nitrogens with zero attached hydrogens (tertiary/aromatic N) is 1. The van der Waals surface area contributed by atoms with Crippen molar-refractivity contribution in [2.24, 2.45) is 5.92 Å². The first kappa shape index (κ1) is 12.4. The SMILES string of the molecule is O=C(C1CCCCC1)N1CCCC2(C1)OCCO2. The van der Waals surface area contributed by atoms with Crippen LogP contribution in [0.2, 0.25) is 0 Å². The van der Waals surface area contributed by atoms with Gasteiger partial charge in [0.25, 0.3) is 0 Å². The Balaban J connectivity index is 1.62. The van der Waals surface area contributed by atoms with Gasteiger partial charge in [0.05, 0.1) is 19.8 Å². The van der Waals surface area contributed by atoms with Gasteiger partial charge in [-0.3, -0.25) is 4.79 Å². The molecular formula is C14H23NO3. The van der Waals surface area contributed by atoms with Crippen molar-refractivity contribution in [3.05, 3.63) is 0 Å². The summed E-state index contributed by atoms with van der Waals surface area (Å²) in [6.07, 6.45) is 7.79. The molecular weight excluding hydrogens is 230 g/mol. The lowest BCUT2D eigenvalue weighted by Crippen LogP contribution is -2.52. The average Bonchev–Trinajstić information content (AvgIpc) is 2.87. The molecule has 18 heavy (non-hydrogen) atoms. The van der Waals surface area contributed by atoms with E-state index in [0.29, 0.717) is 25.7 Å². The maximum Gasteiger partial charge on any atom is 0.225 e. The van der Waals surface area contributed by atoms with E-state index in [1.165, 1.54) is 19.3 Å². The van der Waals surface area contributed by atoms with E-state index in [4.69, 9.17) is 9.47 Å². The first-order valence-electron chi connectivity index (χ1n) is 7.36. The lowest BCUT2D eigenvalue weighted by molar-refractivity contribution is -0.194. The lowest BCUT2D eigenvalue weighted by atomic mass is 9.87. The minimum absolute atomic E-state index is 0.260. The first-order chi connectivity index (χ1) is 8.79. The van der Waals surface area contributed by atoms with Crippen molar-refractivity contribution >= 4 is 5.91 Å². The van der Waals surface area contributed by atoms with E-state index in [1.54, 1.807) is 0 Å². The predicted octanol–water partition coefficient (Wildman–Crippen LogP) is 1.93. The van der Waals surface area contributed by atoms with Gasteiger partial charge in [-0.1, -0.05) is 19.3 Å². The molecule has 102 valence electrons. The fourth-order valence-electron chi connectivity index (χ4n) is 3.52. The molecule has 0 bridgehead atoms. The van der Waals surface area contributed by atoms with Crippen LogP contribution < -0.4 is 0 Å². The van der Waals surface area contributed by atoms with E-state index in [9.17, 15) is 4.79 Å². The van der Waals surface area contributed by atoms with E-state index >= 15 is 0 Å². The number of likely N-dealkylation sites (tertiary alicyclic amines) is 1. The molecule has 2 aliphatic heterocycles. The number of amides is 1. The Morgan fingerprint density at radius 3 is 2.50 bits per heavy atom. The van der Waals surface area contributed by atoms with Crippen LogP contribution in [0.5, 0.6) is 0 Å². The summed E-state index contributed by atoms with van der Waals surface area (Å²) in [5.74, 6) is 0.130. The number of hydrogen-bond acceptors (Lipinski definition) is 3. The molecule has 3 rings (SSSR count). The van der Waals surface area contributed by atoms with Gasteiger partial charge in [0.2, 0.25) is 5.91 Å². The smallest absolute Gasteiger partial charge is 0.225 e. The fraction of sp³-hybridized carbons (Fsp3) is 0.929. The molecule has 1 spiro atoms. The average molecular weight is 253 g/mol. The zero-order valence-corrected chi connectivity index (χ0v) is 11.0. The zero-order chi connectivity index (χ0) is 12.4. The largest absolute Gasteiger partial charge is 0.346 e. The zero-order valence-electron chi connectivity index (χ0n) is 11.0. The van der Waals surface area contributed by atoms with Crippen molar-refractivity contribution < 1.29 is 14.3 Å². The Kier molecular flexibility index (Phi) is 3.57. The maximum absolute atomic E-state index is 12.5. The molecule has 2 saturated heterocycles. The third-order valence-corrected chi connectivity index (χ3v) is 4.50. The van der Waals surface area contributed by atoms with E-state index in [2.05, 4.69) is 0 Å². The van der Waals surface area contributed by atoms with Crippen LogP contribution in [-0.4, -0.2) is 42.9 Å². The number of hydrogen-bond donors (Lipinski definition) is 0. The molecule has 0 radical (unpaired) electrons. The summed E-state index contributed by atoms with van der Waals surface area (Å²) < 4.78 is 11.5. The number of rotatable bonds is 1. The Morgan fingerprint density at radius 1 is 1.06 bits per heavy atom. The van der Waals surface area contributed by atoms with E-state index < -0.39 is 5.79 Å². The summed E-state index contributed by atoms with van der Waals surface area (Å²) in [5.41, 5.74) is 0. The summed E-state index contributed by atoms with van der Waals surface area (Å²) in [6.45, 7) is 2.86. The minimum Gasteiger partial charge on any atom is -0.346 e. The van der Waals surface area contributed by atoms with Crippen molar-refractivity contribution in [1.82, 2.24) is 4.90 Å². The molecule has 0 aromatic heterocycles. The molecule has 0 atom stereocenters. The van der Waals surface area contributed by atoms with Crippen molar-refractivity contribution in [2.45, 2.75) is 50.7 Å². The first-order valence-corrected chi connectivity index (χ1v) is 7.36. The molecule has 4 nitrogen and oxygen atoms in total. The molecule has 2 heterocycles. The monoisotopic (exact) mass is 253 g/mol. The Hall–Kier alpha value is -0.610. The second kappa shape index (κ2) is 5.17. The van der Waals surface area contributed by atoms with Gasteiger partial charge in [0, 0.05) is 18.9 Å². The van der Waals surface area contributed by atoms with Gasteiger partial charge in [-0.25, -0.2) is 0 Å². The molecule has 0 unspecified atom stereocenters. The second-order valence-corrected chi connectivity index (χ2v) is 5.81. The Bertz CT molecular complexity index is 306. The fourth-order valence-corrected chi connectivity index (χ4v) is 3.52. The van der Waals surface area contributed by atoms with Crippen molar-refractivity contribution in [1.29, 1.82) is 0 Å². The van der Waals surface area contributed by atoms with Crippen molar-refractivity contribution in [3.63, 3.8) is 0 Å². The standard InChI is InChI=1S/C14H23NO3/c16-13(12-5-2-1-3-6-12)15-8-4-7-14(11-15)17-9-10-18-14/h12H,1-11H2. The Labute approximate surface area is 109 Å². The van der Waals surface area contributed by atoms with Crippen LogP contribution in [0.3, 0.4) is 0 Å². The number of carbonyl (C=O) groups excluding carboxylic acids is 1.